The Morgan fingerprint density at radius 3 is 2.68 bits per heavy atom. The van der Waals surface area contributed by atoms with Crippen LogP contribution in [0.15, 0.2) is 55.1 Å². The quantitative estimate of drug-likeness (QED) is 0.773. The second-order valence-corrected chi connectivity index (χ2v) is 4.35. The maximum absolute atomic E-state index is 5.65. The van der Waals surface area contributed by atoms with Crippen LogP contribution in [0.5, 0.6) is 0 Å². The summed E-state index contributed by atoms with van der Waals surface area (Å²) in [6.07, 6.45) is 7.29. The van der Waals surface area contributed by atoms with Crippen LogP contribution in [0.25, 0.3) is 11.4 Å². The summed E-state index contributed by atoms with van der Waals surface area (Å²) in [5.41, 5.74) is 7.45. The normalized spacial score (nSPS) is 10.7. The van der Waals surface area contributed by atoms with Crippen molar-refractivity contribution >= 4 is 5.69 Å². The Bertz CT molecular complexity index is 653. The van der Waals surface area contributed by atoms with Crippen LogP contribution in [0.1, 0.15) is 0 Å². The number of nitrogen functional groups attached to an aromatic ring is 1. The molecule has 0 amide bonds. The first-order chi connectivity index (χ1) is 9.33. The Balaban J connectivity index is 1.77. The van der Waals surface area contributed by atoms with E-state index in [2.05, 4.69) is 26.8 Å². The highest BCUT2D eigenvalue weighted by Crippen LogP contribution is 2.16. The molecule has 3 aromatic rings. The van der Waals surface area contributed by atoms with Gasteiger partial charge in [-0.05, 0) is 0 Å². The van der Waals surface area contributed by atoms with Crippen LogP contribution in [0, 0.1) is 0 Å². The van der Waals surface area contributed by atoms with Crippen molar-refractivity contribution in [1.82, 2.24) is 19.3 Å². The van der Waals surface area contributed by atoms with E-state index in [9.17, 15) is 0 Å². The summed E-state index contributed by atoms with van der Waals surface area (Å²) in [7, 11) is 0. The molecule has 2 aromatic heterocycles. The Hall–Kier alpha value is -2.56. The number of aryl methyl sites for hydroxylation is 2. The SMILES string of the molecule is Nc1cnn(CCn2ccnc2-c2ccccc2)c1. The van der Waals surface area contributed by atoms with Gasteiger partial charge in [-0.2, -0.15) is 5.10 Å². The molecule has 0 aliphatic carbocycles. The lowest BCUT2D eigenvalue weighted by atomic mass is 10.2. The third-order valence-corrected chi connectivity index (χ3v) is 2.97. The predicted molar refractivity (Wildman–Crippen MR) is 74.3 cm³/mol. The van der Waals surface area contributed by atoms with Gasteiger partial charge in [0.05, 0.1) is 18.4 Å². The fraction of sp³-hybridized carbons (Fsp3) is 0.143. The van der Waals surface area contributed by atoms with Gasteiger partial charge in [-0.3, -0.25) is 4.68 Å². The Labute approximate surface area is 111 Å². The molecule has 0 bridgehead atoms. The zero-order valence-electron chi connectivity index (χ0n) is 10.5. The molecule has 1 aromatic carbocycles. The van der Waals surface area contributed by atoms with Crippen molar-refractivity contribution in [3.63, 3.8) is 0 Å². The number of nitrogens with two attached hydrogens (primary N) is 1. The average Bonchev–Trinajstić information content (AvgIpc) is 3.06. The van der Waals surface area contributed by atoms with Crippen LogP contribution in [-0.4, -0.2) is 19.3 Å². The first-order valence-electron chi connectivity index (χ1n) is 6.17. The zero-order valence-corrected chi connectivity index (χ0v) is 10.5. The van der Waals surface area contributed by atoms with Gasteiger partial charge in [0.15, 0.2) is 0 Å². The van der Waals surface area contributed by atoms with Gasteiger partial charge in [-0.25, -0.2) is 4.98 Å². The molecule has 19 heavy (non-hydrogen) atoms. The topological polar surface area (TPSA) is 61.7 Å². The lowest BCUT2D eigenvalue weighted by Crippen LogP contribution is -2.08. The molecule has 0 aliphatic rings. The second-order valence-electron chi connectivity index (χ2n) is 4.35. The monoisotopic (exact) mass is 253 g/mol. The molecule has 0 unspecified atom stereocenters. The number of rotatable bonds is 4. The number of hydrogen-bond acceptors (Lipinski definition) is 3. The minimum atomic E-state index is 0.689. The minimum Gasteiger partial charge on any atom is -0.396 e. The summed E-state index contributed by atoms with van der Waals surface area (Å²) < 4.78 is 3.96. The van der Waals surface area contributed by atoms with Crippen LogP contribution < -0.4 is 5.73 Å². The summed E-state index contributed by atoms with van der Waals surface area (Å²) in [5, 5.41) is 4.18. The Morgan fingerprint density at radius 1 is 1.11 bits per heavy atom. The molecular weight excluding hydrogens is 238 g/mol. The number of imidazole rings is 1. The Kier molecular flexibility index (Phi) is 3.02. The molecule has 5 heteroatoms. The van der Waals surface area contributed by atoms with Crippen LogP contribution >= 0.6 is 0 Å². The van der Waals surface area contributed by atoms with Crippen molar-refractivity contribution in [3.8, 4) is 11.4 Å². The molecule has 2 heterocycles. The summed E-state index contributed by atoms with van der Waals surface area (Å²) in [6.45, 7) is 1.58. The molecule has 0 fully saturated rings. The van der Waals surface area contributed by atoms with E-state index in [1.165, 1.54) is 0 Å². The van der Waals surface area contributed by atoms with Gasteiger partial charge in [0.2, 0.25) is 0 Å². The molecule has 0 atom stereocenters. The average molecular weight is 253 g/mol. The molecule has 0 aliphatic heterocycles. The van der Waals surface area contributed by atoms with E-state index in [1.54, 1.807) is 6.20 Å². The zero-order chi connectivity index (χ0) is 13.1. The van der Waals surface area contributed by atoms with E-state index in [4.69, 9.17) is 5.73 Å². The first kappa shape index (κ1) is 11.5. The van der Waals surface area contributed by atoms with Gasteiger partial charge in [0.25, 0.3) is 0 Å². The molecule has 0 saturated heterocycles. The van der Waals surface area contributed by atoms with Crippen LogP contribution in [0.3, 0.4) is 0 Å². The van der Waals surface area contributed by atoms with Crippen molar-refractivity contribution in [3.05, 3.63) is 55.1 Å². The van der Waals surface area contributed by atoms with Crippen molar-refractivity contribution in [1.29, 1.82) is 0 Å². The summed E-state index contributed by atoms with van der Waals surface area (Å²) >= 11 is 0. The highest BCUT2D eigenvalue weighted by atomic mass is 15.3. The van der Waals surface area contributed by atoms with E-state index >= 15 is 0 Å². The van der Waals surface area contributed by atoms with Crippen molar-refractivity contribution in [2.24, 2.45) is 0 Å². The third kappa shape index (κ3) is 2.49. The van der Waals surface area contributed by atoms with Gasteiger partial charge in [0.1, 0.15) is 5.82 Å². The molecule has 3 rings (SSSR count). The second kappa shape index (κ2) is 4.97. The molecule has 0 spiro atoms. The van der Waals surface area contributed by atoms with E-state index in [0.29, 0.717) is 5.69 Å². The van der Waals surface area contributed by atoms with Crippen molar-refractivity contribution in [2.45, 2.75) is 13.1 Å². The largest absolute Gasteiger partial charge is 0.396 e. The highest BCUT2D eigenvalue weighted by molar-refractivity contribution is 5.55. The van der Waals surface area contributed by atoms with Gasteiger partial charge < -0.3 is 10.3 Å². The van der Waals surface area contributed by atoms with Crippen molar-refractivity contribution < 1.29 is 0 Å². The van der Waals surface area contributed by atoms with E-state index in [0.717, 1.165) is 24.5 Å². The van der Waals surface area contributed by atoms with E-state index in [1.807, 2.05) is 41.5 Å². The number of aromatic nitrogens is 4. The van der Waals surface area contributed by atoms with Crippen molar-refractivity contribution in [2.75, 3.05) is 5.73 Å². The molecule has 0 radical (unpaired) electrons. The molecule has 5 nitrogen and oxygen atoms in total. The van der Waals surface area contributed by atoms with E-state index < -0.39 is 0 Å². The number of anilines is 1. The molecule has 0 saturated carbocycles. The van der Waals surface area contributed by atoms with Gasteiger partial charge in [-0.1, -0.05) is 30.3 Å². The fourth-order valence-electron chi connectivity index (χ4n) is 2.05. The maximum Gasteiger partial charge on any atom is 0.139 e. The van der Waals surface area contributed by atoms with Crippen LogP contribution in [0.2, 0.25) is 0 Å². The molecular formula is C14H15N5. The van der Waals surface area contributed by atoms with Crippen LogP contribution in [0.4, 0.5) is 5.69 Å². The third-order valence-electron chi connectivity index (χ3n) is 2.97. The number of nitrogens with zero attached hydrogens (tertiary/aromatic N) is 4. The van der Waals surface area contributed by atoms with Gasteiger partial charge in [-0.15, -0.1) is 0 Å². The number of benzene rings is 1. The summed E-state index contributed by atoms with van der Waals surface area (Å²) in [6, 6.07) is 10.2. The summed E-state index contributed by atoms with van der Waals surface area (Å²) in [4.78, 5) is 4.41. The van der Waals surface area contributed by atoms with Gasteiger partial charge >= 0.3 is 0 Å². The lowest BCUT2D eigenvalue weighted by Gasteiger charge is -2.08. The Morgan fingerprint density at radius 2 is 1.95 bits per heavy atom. The smallest absolute Gasteiger partial charge is 0.139 e. The van der Waals surface area contributed by atoms with Gasteiger partial charge in [0, 0.05) is 30.7 Å². The molecule has 2 N–H and O–H groups in total. The standard InChI is InChI=1S/C14H15N5/c15-13-10-17-19(11-13)9-8-18-7-6-16-14(18)12-4-2-1-3-5-12/h1-7,10-11H,8-9,15H2. The van der Waals surface area contributed by atoms with E-state index in [-0.39, 0.29) is 0 Å². The highest BCUT2D eigenvalue weighted by Gasteiger charge is 2.05. The summed E-state index contributed by atoms with van der Waals surface area (Å²) in [5.74, 6) is 0.973. The predicted octanol–water partition coefficient (Wildman–Crippen LogP) is 2.03. The molecule has 96 valence electrons. The fourth-order valence-corrected chi connectivity index (χ4v) is 2.05. The maximum atomic E-state index is 5.65. The van der Waals surface area contributed by atoms with Crippen LogP contribution in [-0.2, 0) is 13.1 Å². The first-order valence-corrected chi connectivity index (χ1v) is 6.17. The number of hydrogen-bond donors (Lipinski definition) is 1. The minimum absolute atomic E-state index is 0.689. The lowest BCUT2D eigenvalue weighted by molar-refractivity contribution is 0.536.